The summed E-state index contributed by atoms with van der Waals surface area (Å²) in [6.07, 6.45) is 1.76. The van der Waals surface area contributed by atoms with E-state index < -0.39 is 10.8 Å². The summed E-state index contributed by atoms with van der Waals surface area (Å²) in [5.41, 5.74) is 12.3. The first-order valence-corrected chi connectivity index (χ1v) is 6.86. The molecule has 4 nitrogen and oxygen atoms in total. The summed E-state index contributed by atoms with van der Waals surface area (Å²) in [5, 5.41) is 0. The second kappa shape index (κ2) is 6.39. The molecule has 1 aromatic carbocycles. The summed E-state index contributed by atoms with van der Waals surface area (Å²) in [6, 6.07) is 5.43. The second-order valence-electron chi connectivity index (χ2n) is 3.94. The monoisotopic (exact) mass is 254 g/mol. The molecular formula is C12H18N2O2S. The number of anilines is 1. The molecule has 0 radical (unpaired) electrons. The van der Waals surface area contributed by atoms with Crippen LogP contribution in [0, 0.1) is 6.92 Å². The summed E-state index contributed by atoms with van der Waals surface area (Å²) in [6.45, 7) is 1.87. The van der Waals surface area contributed by atoms with E-state index in [2.05, 4.69) is 0 Å². The van der Waals surface area contributed by atoms with Crippen molar-refractivity contribution < 1.29 is 9.00 Å². The van der Waals surface area contributed by atoms with Gasteiger partial charge in [-0.1, -0.05) is 6.07 Å². The average molecular weight is 254 g/mol. The van der Waals surface area contributed by atoms with E-state index in [-0.39, 0.29) is 5.91 Å². The molecule has 0 saturated carbocycles. The summed E-state index contributed by atoms with van der Waals surface area (Å²) >= 11 is 0. The highest BCUT2D eigenvalue weighted by atomic mass is 32.2. The molecular weight excluding hydrogens is 236 g/mol. The van der Waals surface area contributed by atoms with Gasteiger partial charge in [-0.2, -0.15) is 0 Å². The maximum absolute atomic E-state index is 12.0. The second-order valence-corrected chi connectivity index (χ2v) is 5.48. The molecule has 0 heterocycles. The highest BCUT2D eigenvalue weighted by Crippen LogP contribution is 2.19. The summed E-state index contributed by atoms with van der Waals surface area (Å²) in [5.74, 6) is 0.230. The van der Waals surface area contributed by atoms with E-state index >= 15 is 0 Å². The van der Waals surface area contributed by atoms with Gasteiger partial charge in [0.15, 0.2) is 0 Å². The number of nitrogens with two attached hydrogens (primary N) is 2. The fourth-order valence-electron chi connectivity index (χ4n) is 1.52. The van der Waals surface area contributed by atoms with Gasteiger partial charge in [0.2, 0.25) is 5.91 Å². The maximum atomic E-state index is 12.0. The topological polar surface area (TPSA) is 86.2 Å². The van der Waals surface area contributed by atoms with Crippen LogP contribution in [0.25, 0.3) is 0 Å². The Morgan fingerprint density at radius 3 is 2.71 bits per heavy atom. The molecule has 0 fully saturated rings. The van der Waals surface area contributed by atoms with Crippen LogP contribution >= 0.6 is 0 Å². The minimum atomic E-state index is -1.05. The van der Waals surface area contributed by atoms with Gasteiger partial charge < -0.3 is 11.5 Å². The van der Waals surface area contributed by atoms with Crippen molar-refractivity contribution in [2.24, 2.45) is 5.73 Å². The van der Waals surface area contributed by atoms with Crippen molar-refractivity contribution >= 4 is 22.4 Å². The van der Waals surface area contributed by atoms with Gasteiger partial charge in [0, 0.05) is 22.8 Å². The summed E-state index contributed by atoms with van der Waals surface area (Å²) < 4.78 is 12.0. The fraction of sp³-hybridized carbons (Fsp3) is 0.417. The Labute approximate surface area is 104 Å². The van der Waals surface area contributed by atoms with E-state index in [9.17, 15) is 9.00 Å². The lowest BCUT2D eigenvalue weighted by molar-refractivity contribution is -0.118. The van der Waals surface area contributed by atoms with Crippen LogP contribution in [0.3, 0.4) is 0 Å². The van der Waals surface area contributed by atoms with Crippen molar-refractivity contribution in [1.29, 1.82) is 0 Å². The van der Waals surface area contributed by atoms with Crippen LogP contribution in [-0.2, 0) is 15.6 Å². The molecule has 1 atom stereocenters. The van der Waals surface area contributed by atoms with Crippen molar-refractivity contribution in [2.45, 2.75) is 31.1 Å². The van der Waals surface area contributed by atoms with Gasteiger partial charge in [-0.25, -0.2) is 0 Å². The number of carbonyl (C=O) groups excluding carboxylic acids is 1. The predicted octanol–water partition coefficient (Wildman–Crippen LogP) is 1.34. The molecule has 1 rings (SSSR count). The third kappa shape index (κ3) is 4.19. The highest BCUT2D eigenvalue weighted by Gasteiger charge is 2.08. The van der Waals surface area contributed by atoms with Crippen molar-refractivity contribution in [3.05, 3.63) is 23.8 Å². The normalized spacial score (nSPS) is 12.3. The lowest BCUT2D eigenvalue weighted by Crippen LogP contribution is -2.10. The molecule has 0 bridgehead atoms. The number of hydrogen-bond donors (Lipinski definition) is 2. The molecule has 94 valence electrons. The Bertz CT molecular complexity index is 433. The van der Waals surface area contributed by atoms with Gasteiger partial charge in [0.05, 0.1) is 10.8 Å². The molecule has 0 aliphatic carbocycles. The van der Waals surface area contributed by atoms with Crippen molar-refractivity contribution in [3.63, 3.8) is 0 Å². The number of rotatable bonds is 6. The zero-order valence-electron chi connectivity index (χ0n) is 9.94. The van der Waals surface area contributed by atoms with Crippen molar-refractivity contribution in [1.82, 2.24) is 0 Å². The zero-order valence-corrected chi connectivity index (χ0v) is 10.8. The van der Waals surface area contributed by atoms with Gasteiger partial charge in [-0.3, -0.25) is 9.00 Å². The molecule has 1 aromatic rings. The molecule has 0 saturated heterocycles. The Hall–Kier alpha value is -1.36. The minimum absolute atomic E-state index is 0.309. The third-order valence-electron chi connectivity index (χ3n) is 2.57. The van der Waals surface area contributed by atoms with E-state index in [1.807, 2.05) is 13.0 Å². The molecule has 4 N–H and O–H groups in total. The van der Waals surface area contributed by atoms with Crippen LogP contribution < -0.4 is 11.5 Å². The van der Waals surface area contributed by atoms with Gasteiger partial charge >= 0.3 is 0 Å². The van der Waals surface area contributed by atoms with E-state index in [0.29, 0.717) is 24.3 Å². The highest BCUT2D eigenvalue weighted by molar-refractivity contribution is 7.85. The molecule has 0 aliphatic heterocycles. The molecule has 1 unspecified atom stereocenters. The number of unbranched alkanes of at least 4 members (excludes halogenated alkanes) is 1. The smallest absolute Gasteiger partial charge is 0.217 e. The molecule has 0 spiro atoms. The van der Waals surface area contributed by atoms with Crippen LogP contribution in [0.2, 0.25) is 0 Å². The SMILES string of the molecule is Cc1c(N)cccc1S(=O)CCCCC(N)=O. The number of nitrogen functional groups attached to an aromatic ring is 1. The number of primary amides is 1. The quantitative estimate of drug-likeness (QED) is 0.593. The van der Waals surface area contributed by atoms with E-state index in [1.165, 1.54) is 0 Å². The molecule has 17 heavy (non-hydrogen) atoms. The van der Waals surface area contributed by atoms with E-state index in [0.717, 1.165) is 16.9 Å². The Kier molecular flexibility index (Phi) is 5.15. The zero-order chi connectivity index (χ0) is 12.8. The van der Waals surface area contributed by atoms with Crippen LogP contribution in [0.1, 0.15) is 24.8 Å². The van der Waals surface area contributed by atoms with E-state index in [4.69, 9.17) is 11.5 Å². The fourth-order valence-corrected chi connectivity index (χ4v) is 2.90. The van der Waals surface area contributed by atoms with Crippen LogP contribution in [0.15, 0.2) is 23.1 Å². The molecule has 5 heteroatoms. The third-order valence-corrected chi connectivity index (χ3v) is 4.17. The first-order chi connectivity index (χ1) is 8.02. The number of benzene rings is 1. The van der Waals surface area contributed by atoms with Gasteiger partial charge in [-0.05, 0) is 37.5 Å². The largest absolute Gasteiger partial charge is 0.398 e. The van der Waals surface area contributed by atoms with Crippen LogP contribution in [-0.4, -0.2) is 15.9 Å². The van der Waals surface area contributed by atoms with Crippen molar-refractivity contribution in [3.8, 4) is 0 Å². The maximum Gasteiger partial charge on any atom is 0.217 e. The predicted molar refractivity (Wildman–Crippen MR) is 69.9 cm³/mol. The van der Waals surface area contributed by atoms with Crippen LogP contribution in [0.5, 0.6) is 0 Å². The van der Waals surface area contributed by atoms with Crippen molar-refractivity contribution in [2.75, 3.05) is 11.5 Å². The summed E-state index contributed by atoms with van der Waals surface area (Å²) in [4.78, 5) is 11.3. The Balaban J connectivity index is 2.53. The Morgan fingerprint density at radius 2 is 2.06 bits per heavy atom. The molecule has 1 amide bonds. The van der Waals surface area contributed by atoms with E-state index in [1.54, 1.807) is 12.1 Å². The summed E-state index contributed by atoms with van der Waals surface area (Å²) in [7, 11) is -1.05. The average Bonchev–Trinajstić information content (AvgIpc) is 2.27. The van der Waals surface area contributed by atoms with Crippen LogP contribution in [0.4, 0.5) is 5.69 Å². The lowest BCUT2D eigenvalue weighted by atomic mass is 10.2. The number of carbonyl (C=O) groups is 1. The minimum Gasteiger partial charge on any atom is -0.398 e. The van der Waals surface area contributed by atoms with Gasteiger partial charge in [0.25, 0.3) is 0 Å². The van der Waals surface area contributed by atoms with Gasteiger partial charge in [-0.15, -0.1) is 0 Å². The number of amides is 1. The first-order valence-electron chi connectivity index (χ1n) is 5.54. The van der Waals surface area contributed by atoms with Gasteiger partial charge in [0.1, 0.15) is 0 Å². The first kappa shape index (κ1) is 13.7. The molecule has 0 aliphatic rings. The lowest BCUT2D eigenvalue weighted by Gasteiger charge is -2.07. The standard InChI is InChI=1S/C12H18N2O2S/c1-9-10(13)5-4-6-11(9)17(16)8-3-2-7-12(14)15/h4-6H,2-3,7-8,13H2,1H3,(H2,14,15). The number of hydrogen-bond acceptors (Lipinski definition) is 3. The Morgan fingerprint density at radius 1 is 1.35 bits per heavy atom. The molecule has 0 aromatic heterocycles.